The smallest absolute Gasteiger partial charge is 0.417 e. The van der Waals surface area contributed by atoms with Gasteiger partial charge in [0.2, 0.25) is 0 Å². The maximum absolute atomic E-state index is 11.2. The van der Waals surface area contributed by atoms with Gasteiger partial charge in [-0.05, 0) is 26.2 Å². The number of alkyl carbamates (subject to hydrolysis) is 2. The Balaban J connectivity index is 3.93. The number of amides is 2. The first-order chi connectivity index (χ1) is 6.99. The Morgan fingerprint density at radius 3 is 1.88 bits per heavy atom. The van der Waals surface area contributed by atoms with Crippen molar-refractivity contribution < 1.29 is 19.1 Å². The van der Waals surface area contributed by atoms with Crippen molar-refractivity contribution in [2.24, 2.45) is 5.41 Å². The van der Waals surface area contributed by atoms with E-state index in [1.807, 2.05) is 26.1 Å². The molecule has 1 N–H and O–H groups in total. The van der Waals surface area contributed by atoms with E-state index in [2.05, 4.69) is 0 Å². The fourth-order valence-corrected chi connectivity index (χ4v) is 0.705. The first-order valence-electron chi connectivity index (χ1n) is 5.16. The van der Waals surface area contributed by atoms with E-state index in [9.17, 15) is 9.59 Å². The van der Waals surface area contributed by atoms with Gasteiger partial charge in [-0.1, -0.05) is 20.8 Å². The van der Waals surface area contributed by atoms with Crippen molar-refractivity contribution in [2.75, 3.05) is 6.61 Å². The van der Waals surface area contributed by atoms with Crippen molar-refractivity contribution in [1.29, 1.82) is 0 Å². The van der Waals surface area contributed by atoms with Crippen molar-refractivity contribution in [1.82, 2.24) is 5.32 Å². The lowest BCUT2D eigenvalue weighted by atomic mass is 9.99. The van der Waals surface area contributed by atoms with Gasteiger partial charge in [0.05, 0.1) is 6.61 Å². The normalized spacial score (nSPS) is 11.9. The molecule has 0 bridgehead atoms. The lowest BCUT2D eigenvalue weighted by Gasteiger charge is -2.20. The van der Waals surface area contributed by atoms with Gasteiger partial charge in [0.15, 0.2) is 0 Å². The van der Waals surface area contributed by atoms with Crippen LogP contribution in [0.25, 0.3) is 0 Å². The largest absolute Gasteiger partial charge is 0.449 e. The molecule has 0 unspecified atom stereocenters. The topological polar surface area (TPSA) is 64.6 Å². The lowest BCUT2D eigenvalue weighted by molar-refractivity contribution is 0.0486. The molecule has 0 aromatic carbocycles. The molecule has 0 radical (unpaired) electrons. The van der Waals surface area contributed by atoms with E-state index >= 15 is 0 Å². The van der Waals surface area contributed by atoms with E-state index in [1.165, 1.54) is 0 Å². The monoisotopic (exact) mass is 231 g/mol. The molecule has 94 valence electrons. The number of rotatable bonds is 1. The van der Waals surface area contributed by atoms with Crippen LogP contribution in [0.2, 0.25) is 0 Å². The summed E-state index contributed by atoms with van der Waals surface area (Å²) in [7, 11) is 0. The highest BCUT2D eigenvalue weighted by atomic mass is 16.6. The number of imide groups is 1. The second-order valence-corrected chi connectivity index (χ2v) is 5.76. The average molecular weight is 231 g/mol. The highest BCUT2D eigenvalue weighted by Gasteiger charge is 2.20. The lowest BCUT2D eigenvalue weighted by Crippen LogP contribution is -2.37. The Kier molecular flexibility index (Phi) is 4.78. The summed E-state index contributed by atoms with van der Waals surface area (Å²) in [5.74, 6) is 0. The molecule has 0 fully saturated rings. The summed E-state index contributed by atoms with van der Waals surface area (Å²) in [6.45, 7) is 11.2. The number of carbonyl (C=O) groups is 2. The van der Waals surface area contributed by atoms with Gasteiger partial charge >= 0.3 is 12.2 Å². The number of carbonyl (C=O) groups excluding carboxylic acids is 2. The zero-order valence-electron chi connectivity index (χ0n) is 10.8. The molecule has 2 amide bonds. The SMILES string of the molecule is CC(C)(C)COC(=O)NC(=O)OC(C)(C)C. The molecule has 0 saturated carbocycles. The fourth-order valence-electron chi connectivity index (χ4n) is 0.705. The van der Waals surface area contributed by atoms with Gasteiger partial charge in [-0.3, -0.25) is 0 Å². The summed E-state index contributed by atoms with van der Waals surface area (Å²) in [6, 6.07) is 0. The number of nitrogens with one attached hydrogen (secondary N) is 1. The first-order valence-corrected chi connectivity index (χ1v) is 5.16. The quantitative estimate of drug-likeness (QED) is 0.753. The highest BCUT2D eigenvalue weighted by Crippen LogP contribution is 2.12. The number of hydrogen-bond acceptors (Lipinski definition) is 4. The maximum Gasteiger partial charge on any atom is 0.417 e. The van der Waals surface area contributed by atoms with Crippen molar-refractivity contribution in [2.45, 2.75) is 47.1 Å². The maximum atomic E-state index is 11.2. The third-order valence-corrected chi connectivity index (χ3v) is 1.24. The minimum absolute atomic E-state index is 0.134. The van der Waals surface area contributed by atoms with Gasteiger partial charge in [-0.25, -0.2) is 14.9 Å². The molecule has 0 aromatic rings. The second kappa shape index (κ2) is 5.18. The number of ether oxygens (including phenoxy) is 2. The Morgan fingerprint density at radius 1 is 1.00 bits per heavy atom. The van der Waals surface area contributed by atoms with Crippen molar-refractivity contribution in [3.63, 3.8) is 0 Å². The summed E-state index contributed by atoms with van der Waals surface area (Å²) in [5.41, 5.74) is -0.764. The molecule has 16 heavy (non-hydrogen) atoms. The Labute approximate surface area is 96.5 Å². The predicted octanol–water partition coefficient (Wildman–Crippen LogP) is 2.69. The van der Waals surface area contributed by atoms with Gasteiger partial charge in [0, 0.05) is 0 Å². The van der Waals surface area contributed by atoms with Gasteiger partial charge in [0.25, 0.3) is 0 Å². The molecule has 5 nitrogen and oxygen atoms in total. The molecule has 0 atom stereocenters. The molecular formula is C11H21NO4. The standard InChI is InChI=1S/C11H21NO4/c1-10(2,3)7-15-8(13)12-9(14)16-11(4,5)6/h7H2,1-6H3,(H,12,13,14). The van der Waals surface area contributed by atoms with E-state index in [0.717, 1.165) is 0 Å². The summed E-state index contributed by atoms with van der Waals surface area (Å²) < 4.78 is 9.73. The molecule has 0 saturated heterocycles. The van der Waals surface area contributed by atoms with Crippen LogP contribution in [0.1, 0.15) is 41.5 Å². The molecule has 0 aliphatic heterocycles. The predicted molar refractivity (Wildman–Crippen MR) is 60.2 cm³/mol. The van der Waals surface area contributed by atoms with Gasteiger partial charge in [-0.15, -0.1) is 0 Å². The van der Waals surface area contributed by atoms with Crippen molar-refractivity contribution >= 4 is 12.2 Å². The number of hydrogen-bond donors (Lipinski definition) is 1. The van der Waals surface area contributed by atoms with Crippen LogP contribution in [0.4, 0.5) is 9.59 Å². The van der Waals surface area contributed by atoms with Crippen LogP contribution < -0.4 is 5.32 Å². The van der Waals surface area contributed by atoms with E-state index in [4.69, 9.17) is 9.47 Å². The molecule has 0 rings (SSSR count). The van der Waals surface area contributed by atoms with E-state index in [1.54, 1.807) is 20.8 Å². The summed E-state index contributed by atoms with van der Waals surface area (Å²) in [5, 5.41) is 1.99. The van der Waals surface area contributed by atoms with Crippen LogP contribution in [0.5, 0.6) is 0 Å². The van der Waals surface area contributed by atoms with Crippen molar-refractivity contribution in [3.05, 3.63) is 0 Å². The third kappa shape index (κ3) is 9.30. The van der Waals surface area contributed by atoms with Crippen LogP contribution in [0.3, 0.4) is 0 Å². The van der Waals surface area contributed by atoms with Crippen LogP contribution in [-0.2, 0) is 9.47 Å². The highest BCUT2D eigenvalue weighted by molar-refractivity contribution is 5.87. The zero-order chi connectivity index (χ0) is 13.0. The minimum Gasteiger partial charge on any atom is -0.449 e. The van der Waals surface area contributed by atoms with E-state index in [0.29, 0.717) is 0 Å². The Hall–Kier alpha value is -1.26. The zero-order valence-corrected chi connectivity index (χ0v) is 10.8. The van der Waals surface area contributed by atoms with Crippen LogP contribution in [0, 0.1) is 5.41 Å². The summed E-state index contributed by atoms with van der Waals surface area (Å²) in [6.07, 6.45) is -1.59. The summed E-state index contributed by atoms with van der Waals surface area (Å²) in [4.78, 5) is 22.3. The van der Waals surface area contributed by atoms with E-state index in [-0.39, 0.29) is 12.0 Å². The van der Waals surface area contributed by atoms with Gasteiger partial charge in [-0.2, -0.15) is 0 Å². The molecule has 0 aromatic heterocycles. The molecular weight excluding hydrogens is 210 g/mol. The summed E-state index contributed by atoms with van der Waals surface area (Å²) >= 11 is 0. The van der Waals surface area contributed by atoms with Crippen LogP contribution in [0.15, 0.2) is 0 Å². The van der Waals surface area contributed by atoms with Crippen LogP contribution in [-0.4, -0.2) is 24.4 Å². The van der Waals surface area contributed by atoms with Gasteiger partial charge < -0.3 is 9.47 Å². The molecule has 0 aliphatic rings. The molecule has 0 spiro atoms. The van der Waals surface area contributed by atoms with Crippen molar-refractivity contribution in [3.8, 4) is 0 Å². The average Bonchev–Trinajstić information content (AvgIpc) is 1.95. The molecule has 0 aliphatic carbocycles. The minimum atomic E-state index is -0.800. The fraction of sp³-hybridized carbons (Fsp3) is 0.818. The van der Waals surface area contributed by atoms with Crippen LogP contribution >= 0.6 is 0 Å². The van der Waals surface area contributed by atoms with E-state index < -0.39 is 17.8 Å². The Bertz CT molecular complexity index is 260. The Morgan fingerprint density at radius 2 is 1.50 bits per heavy atom. The second-order valence-electron chi connectivity index (χ2n) is 5.76. The first kappa shape index (κ1) is 14.7. The molecule has 5 heteroatoms. The van der Waals surface area contributed by atoms with Gasteiger partial charge in [0.1, 0.15) is 5.60 Å². The third-order valence-electron chi connectivity index (χ3n) is 1.24. The molecule has 0 heterocycles.